The van der Waals surface area contributed by atoms with Crippen molar-refractivity contribution in [3.63, 3.8) is 0 Å². The topological polar surface area (TPSA) is 107 Å². The van der Waals surface area contributed by atoms with E-state index >= 15 is 0 Å². The van der Waals surface area contributed by atoms with Gasteiger partial charge >= 0.3 is 5.66 Å². The number of amides is 1. The minimum absolute atomic E-state index is 0.0124. The first kappa shape index (κ1) is 10.8. The normalized spacial score (nSPS) is 18.5. The van der Waals surface area contributed by atoms with E-state index in [2.05, 4.69) is 15.9 Å². The summed E-state index contributed by atoms with van der Waals surface area (Å²) >= 11 is 2.87. The molecule has 0 saturated carbocycles. The van der Waals surface area contributed by atoms with Crippen molar-refractivity contribution in [2.45, 2.75) is 5.66 Å². The highest BCUT2D eigenvalue weighted by molar-refractivity contribution is 9.09. The van der Waals surface area contributed by atoms with Gasteiger partial charge in [0.15, 0.2) is 13.1 Å². The van der Waals surface area contributed by atoms with Crippen LogP contribution >= 0.6 is 15.9 Å². The summed E-state index contributed by atoms with van der Waals surface area (Å²) in [5.74, 6) is -0.385. The highest BCUT2D eigenvalue weighted by Gasteiger charge is 2.67. The van der Waals surface area contributed by atoms with E-state index in [-0.39, 0.29) is 11.2 Å². The molecule has 0 spiro atoms. The molecule has 1 rings (SSSR count). The lowest BCUT2D eigenvalue weighted by Gasteiger charge is -2.35. The van der Waals surface area contributed by atoms with Crippen LogP contribution in [0.25, 0.3) is 0 Å². The van der Waals surface area contributed by atoms with Crippen LogP contribution in [0.1, 0.15) is 0 Å². The van der Waals surface area contributed by atoms with Crippen LogP contribution in [-0.2, 0) is 4.79 Å². The fourth-order valence-electron chi connectivity index (χ4n) is 1.12. The van der Waals surface area contributed by atoms with Crippen LogP contribution in [0.2, 0.25) is 0 Å². The monoisotopic (exact) mass is 267 g/mol. The standard InChI is InChI=1S/C5H6BrN3O5/c6-1-4(10)7-2-5(3-7,8(11)12)9(13)14/h1-3H2. The molecule has 78 valence electrons. The Morgan fingerprint density at radius 1 is 1.36 bits per heavy atom. The number of likely N-dealkylation sites (tertiary alicyclic amines) is 1. The lowest BCUT2D eigenvalue weighted by atomic mass is 10.0. The van der Waals surface area contributed by atoms with Gasteiger partial charge in [-0.25, -0.2) is 0 Å². The van der Waals surface area contributed by atoms with Crippen LogP contribution in [0.15, 0.2) is 0 Å². The molecule has 9 heteroatoms. The summed E-state index contributed by atoms with van der Waals surface area (Å²) in [4.78, 5) is 31.0. The van der Waals surface area contributed by atoms with Crippen molar-refractivity contribution in [2.75, 3.05) is 18.4 Å². The van der Waals surface area contributed by atoms with Crippen LogP contribution in [0, 0.1) is 20.2 Å². The van der Waals surface area contributed by atoms with E-state index in [0.29, 0.717) is 0 Å². The number of hydrogen-bond acceptors (Lipinski definition) is 5. The molecule has 0 aliphatic carbocycles. The second-order valence-electron chi connectivity index (χ2n) is 2.88. The quantitative estimate of drug-likeness (QED) is 0.296. The van der Waals surface area contributed by atoms with E-state index in [1.165, 1.54) is 0 Å². The van der Waals surface area contributed by atoms with Crippen LogP contribution < -0.4 is 0 Å². The van der Waals surface area contributed by atoms with Crippen molar-refractivity contribution in [3.05, 3.63) is 20.2 Å². The number of nitro groups is 2. The van der Waals surface area contributed by atoms with E-state index in [1.807, 2.05) is 0 Å². The predicted molar refractivity (Wildman–Crippen MR) is 47.1 cm³/mol. The molecule has 0 N–H and O–H groups in total. The molecule has 0 aromatic carbocycles. The molecule has 0 aromatic heterocycles. The summed E-state index contributed by atoms with van der Waals surface area (Å²) in [6.07, 6.45) is 0. The van der Waals surface area contributed by atoms with Gasteiger partial charge in [0.2, 0.25) is 5.91 Å². The molecule has 1 heterocycles. The van der Waals surface area contributed by atoms with Gasteiger partial charge in [0.25, 0.3) is 0 Å². The second-order valence-corrected chi connectivity index (χ2v) is 3.44. The Balaban J connectivity index is 2.70. The van der Waals surface area contributed by atoms with Gasteiger partial charge in [-0.05, 0) is 0 Å². The van der Waals surface area contributed by atoms with Gasteiger partial charge in [-0.2, -0.15) is 0 Å². The van der Waals surface area contributed by atoms with Gasteiger partial charge in [0.1, 0.15) is 9.85 Å². The summed E-state index contributed by atoms with van der Waals surface area (Å²) in [5.41, 5.74) is -2.20. The zero-order valence-corrected chi connectivity index (χ0v) is 8.47. The molecule has 1 aliphatic heterocycles. The van der Waals surface area contributed by atoms with E-state index < -0.39 is 28.6 Å². The van der Waals surface area contributed by atoms with E-state index in [0.717, 1.165) is 4.90 Å². The average Bonchev–Trinajstić information content (AvgIpc) is 2.00. The lowest BCUT2D eigenvalue weighted by molar-refractivity contribution is -0.809. The first-order valence-corrected chi connectivity index (χ1v) is 4.69. The summed E-state index contributed by atoms with van der Waals surface area (Å²) in [6.45, 7) is -0.922. The van der Waals surface area contributed by atoms with Crippen LogP contribution in [0.4, 0.5) is 0 Å². The number of carbonyl (C=O) groups is 1. The summed E-state index contributed by atoms with van der Waals surface area (Å²) in [6, 6.07) is 0. The second kappa shape index (κ2) is 3.48. The molecule has 14 heavy (non-hydrogen) atoms. The average molecular weight is 268 g/mol. The molecule has 8 nitrogen and oxygen atoms in total. The third-order valence-electron chi connectivity index (χ3n) is 2.03. The van der Waals surface area contributed by atoms with Gasteiger partial charge in [-0.1, -0.05) is 15.9 Å². The SMILES string of the molecule is O=C(CBr)N1CC([N+](=O)[O-])([N+](=O)[O-])C1. The molecule has 1 aliphatic rings. The highest BCUT2D eigenvalue weighted by atomic mass is 79.9. The maximum Gasteiger partial charge on any atom is 0.492 e. The number of nitrogens with zero attached hydrogens (tertiary/aromatic N) is 3. The summed E-state index contributed by atoms with van der Waals surface area (Å²) in [5, 5.41) is 20.8. The minimum atomic E-state index is -2.20. The van der Waals surface area contributed by atoms with Gasteiger partial charge in [-0.3, -0.25) is 25.0 Å². The molecule has 0 unspecified atom stereocenters. The van der Waals surface area contributed by atoms with E-state index in [4.69, 9.17) is 0 Å². The fraction of sp³-hybridized carbons (Fsp3) is 0.800. The molecule has 1 amide bonds. The Labute approximate surface area is 86.3 Å². The maximum atomic E-state index is 11.0. The van der Waals surface area contributed by atoms with Crippen molar-refractivity contribution in [3.8, 4) is 0 Å². The van der Waals surface area contributed by atoms with Gasteiger partial charge < -0.3 is 4.90 Å². The van der Waals surface area contributed by atoms with Gasteiger partial charge in [-0.15, -0.1) is 0 Å². The summed E-state index contributed by atoms with van der Waals surface area (Å²) in [7, 11) is 0. The zero-order valence-electron chi connectivity index (χ0n) is 6.88. The number of alkyl halides is 1. The van der Waals surface area contributed by atoms with Crippen molar-refractivity contribution >= 4 is 21.8 Å². The molecule has 0 radical (unpaired) electrons. The van der Waals surface area contributed by atoms with Gasteiger partial charge in [0, 0.05) is 0 Å². The Morgan fingerprint density at radius 2 is 1.79 bits per heavy atom. The number of carbonyl (C=O) groups excluding carboxylic acids is 1. The van der Waals surface area contributed by atoms with E-state index in [9.17, 15) is 25.0 Å². The zero-order chi connectivity index (χ0) is 10.9. The van der Waals surface area contributed by atoms with Gasteiger partial charge in [0.05, 0.1) is 5.33 Å². The van der Waals surface area contributed by atoms with Crippen molar-refractivity contribution in [1.82, 2.24) is 4.90 Å². The first-order valence-electron chi connectivity index (χ1n) is 3.57. The third kappa shape index (κ3) is 1.43. The number of rotatable bonds is 3. The van der Waals surface area contributed by atoms with Crippen molar-refractivity contribution < 1.29 is 14.6 Å². The molecule has 1 saturated heterocycles. The predicted octanol–water partition coefficient (Wildman–Crippen LogP) is -0.527. The largest absolute Gasteiger partial charge is 0.492 e. The Morgan fingerprint density at radius 3 is 2.07 bits per heavy atom. The molecule has 0 atom stereocenters. The fourth-order valence-corrected chi connectivity index (χ4v) is 1.48. The van der Waals surface area contributed by atoms with Crippen LogP contribution in [-0.4, -0.2) is 44.7 Å². The summed E-state index contributed by atoms with van der Waals surface area (Å²) < 4.78 is 0. The molecular formula is C5H6BrN3O5. The maximum absolute atomic E-state index is 11.0. The molecule has 1 fully saturated rings. The Kier molecular flexibility index (Phi) is 2.69. The smallest absolute Gasteiger partial charge is 0.313 e. The first-order chi connectivity index (χ1) is 6.44. The highest BCUT2D eigenvalue weighted by Crippen LogP contribution is 2.25. The van der Waals surface area contributed by atoms with Crippen molar-refractivity contribution in [1.29, 1.82) is 0 Å². The number of halogens is 1. The van der Waals surface area contributed by atoms with E-state index in [1.54, 1.807) is 0 Å². The lowest BCUT2D eigenvalue weighted by Crippen LogP contribution is -2.71. The Bertz CT molecular complexity index is 284. The molecule has 0 aromatic rings. The third-order valence-corrected chi connectivity index (χ3v) is 2.51. The Hall–Kier alpha value is -1.25. The van der Waals surface area contributed by atoms with Crippen LogP contribution in [0.5, 0.6) is 0 Å². The molecule has 0 bridgehead atoms. The molecular weight excluding hydrogens is 262 g/mol. The van der Waals surface area contributed by atoms with Crippen LogP contribution in [0.3, 0.4) is 0 Å². The van der Waals surface area contributed by atoms with Crippen molar-refractivity contribution in [2.24, 2.45) is 0 Å². The number of hydrogen-bond donors (Lipinski definition) is 0. The minimum Gasteiger partial charge on any atom is -0.313 e.